The van der Waals surface area contributed by atoms with Crippen LogP contribution in [0, 0.1) is 17.2 Å². The van der Waals surface area contributed by atoms with Gasteiger partial charge in [-0.1, -0.05) is 26.7 Å². The van der Waals surface area contributed by atoms with Crippen molar-refractivity contribution in [2.45, 2.75) is 96.2 Å². The second-order valence-electron chi connectivity index (χ2n) is 10.4. The van der Waals surface area contributed by atoms with Crippen LogP contribution in [-0.4, -0.2) is 88.6 Å². The normalized spacial score (nSPS) is 21.0. The minimum atomic E-state index is -1.27. The fourth-order valence-electron chi connectivity index (χ4n) is 5.53. The number of carboxylic acids is 1. The van der Waals surface area contributed by atoms with E-state index in [1.165, 1.54) is 4.90 Å². The summed E-state index contributed by atoms with van der Waals surface area (Å²) in [6.07, 6.45) is 5.97. The zero-order chi connectivity index (χ0) is 28.2. The largest absolute Gasteiger partial charge is 0.481 e. The standard InChI is InChI=1S/C26H44N6O6/c1-3-7-18(8-4-2)23(36)30-20(14-22(34)35)25(38)32-12-6-10-21(32)24(37)29-19(16-33)13-17-9-5-11-31(15-17)26(27)28/h16-21H,3-15H2,1-2H3,(H3,27,28)(H,29,37)(H,30,36)(H,34,35)/t17-,19+,20+,21+/m1/s1. The first-order chi connectivity index (χ1) is 18.1. The number of aliphatic carboxylic acids is 1. The molecule has 0 aromatic carbocycles. The van der Waals surface area contributed by atoms with Crippen LogP contribution >= 0.6 is 0 Å². The highest BCUT2D eigenvalue weighted by Gasteiger charge is 2.39. The van der Waals surface area contributed by atoms with Crippen molar-refractivity contribution in [3.63, 3.8) is 0 Å². The molecule has 0 aromatic rings. The lowest BCUT2D eigenvalue weighted by Crippen LogP contribution is -2.56. The summed E-state index contributed by atoms with van der Waals surface area (Å²) in [7, 11) is 0. The summed E-state index contributed by atoms with van der Waals surface area (Å²) >= 11 is 0. The van der Waals surface area contributed by atoms with Crippen LogP contribution in [0.5, 0.6) is 0 Å². The number of nitrogens with two attached hydrogens (primary N) is 1. The van der Waals surface area contributed by atoms with E-state index in [0.717, 1.165) is 25.7 Å². The Kier molecular flexibility index (Phi) is 12.5. The van der Waals surface area contributed by atoms with Crippen LogP contribution in [0.3, 0.4) is 0 Å². The average Bonchev–Trinajstić information content (AvgIpc) is 3.37. The molecule has 6 N–H and O–H groups in total. The highest BCUT2D eigenvalue weighted by atomic mass is 16.4. The van der Waals surface area contributed by atoms with E-state index in [0.29, 0.717) is 51.5 Å². The number of hydrogen-bond donors (Lipinski definition) is 5. The van der Waals surface area contributed by atoms with Crippen LogP contribution in [0.1, 0.15) is 78.1 Å². The average molecular weight is 537 g/mol. The Morgan fingerprint density at radius 3 is 2.32 bits per heavy atom. The molecule has 0 radical (unpaired) electrons. The van der Waals surface area contributed by atoms with Gasteiger partial charge in [0.25, 0.3) is 0 Å². The molecular weight excluding hydrogens is 492 g/mol. The van der Waals surface area contributed by atoms with Crippen molar-refractivity contribution in [1.29, 1.82) is 5.41 Å². The van der Waals surface area contributed by atoms with Crippen molar-refractivity contribution in [2.24, 2.45) is 17.6 Å². The van der Waals surface area contributed by atoms with Crippen LogP contribution in [0.15, 0.2) is 0 Å². The fraction of sp³-hybridized carbons (Fsp3) is 0.769. The van der Waals surface area contributed by atoms with Crippen LogP contribution in [0.25, 0.3) is 0 Å². The van der Waals surface area contributed by atoms with E-state index in [1.807, 2.05) is 13.8 Å². The summed E-state index contributed by atoms with van der Waals surface area (Å²) in [5.74, 6) is -2.88. The molecule has 12 nitrogen and oxygen atoms in total. The van der Waals surface area contributed by atoms with E-state index in [4.69, 9.17) is 11.1 Å². The van der Waals surface area contributed by atoms with E-state index < -0.39 is 42.3 Å². The second-order valence-corrected chi connectivity index (χ2v) is 10.4. The molecule has 0 aliphatic carbocycles. The Balaban J connectivity index is 2.06. The molecule has 2 fully saturated rings. The van der Waals surface area contributed by atoms with Gasteiger partial charge in [-0.2, -0.15) is 0 Å². The maximum Gasteiger partial charge on any atom is 0.305 e. The van der Waals surface area contributed by atoms with Crippen molar-refractivity contribution < 1.29 is 29.1 Å². The zero-order valence-electron chi connectivity index (χ0n) is 22.6. The SMILES string of the molecule is CCCC(CCC)C(=O)N[C@@H](CC(=O)O)C(=O)N1CCC[C@H]1C(=O)N[C@H](C=O)C[C@H]1CCCN(C(=N)N)C1. The quantitative estimate of drug-likeness (QED) is 0.123. The van der Waals surface area contributed by atoms with Crippen LogP contribution in [0.4, 0.5) is 0 Å². The molecule has 2 aliphatic rings. The second kappa shape index (κ2) is 15.3. The minimum Gasteiger partial charge on any atom is -0.481 e. The van der Waals surface area contributed by atoms with Gasteiger partial charge in [0.15, 0.2) is 5.96 Å². The van der Waals surface area contributed by atoms with Crippen molar-refractivity contribution in [2.75, 3.05) is 19.6 Å². The number of amides is 3. The van der Waals surface area contributed by atoms with E-state index >= 15 is 0 Å². The van der Waals surface area contributed by atoms with Gasteiger partial charge < -0.3 is 36.1 Å². The molecule has 2 rings (SSSR count). The van der Waals surface area contributed by atoms with Gasteiger partial charge in [0.2, 0.25) is 17.7 Å². The third kappa shape index (κ3) is 8.98. The summed E-state index contributed by atoms with van der Waals surface area (Å²) in [4.78, 5) is 65.8. The molecule has 2 aliphatic heterocycles. The maximum atomic E-state index is 13.4. The molecule has 3 amide bonds. The minimum absolute atomic E-state index is 0.0137. The first kappa shape index (κ1) is 31.0. The van der Waals surface area contributed by atoms with Crippen LogP contribution in [0.2, 0.25) is 0 Å². The van der Waals surface area contributed by atoms with E-state index in [-0.39, 0.29) is 30.2 Å². The van der Waals surface area contributed by atoms with Gasteiger partial charge in [0.05, 0.1) is 12.5 Å². The molecule has 0 spiro atoms. The number of nitrogens with one attached hydrogen (secondary N) is 3. The summed E-state index contributed by atoms with van der Waals surface area (Å²) in [5, 5.41) is 22.4. The number of likely N-dealkylation sites (tertiary alicyclic amines) is 2. The number of rotatable bonds is 14. The van der Waals surface area contributed by atoms with Crippen molar-refractivity contribution >= 4 is 35.9 Å². The van der Waals surface area contributed by atoms with E-state index in [2.05, 4.69) is 10.6 Å². The number of carbonyl (C=O) groups excluding carboxylic acids is 4. The first-order valence-corrected chi connectivity index (χ1v) is 13.8. The van der Waals surface area contributed by atoms with Crippen molar-refractivity contribution in [3.05, 3.63) is 0 Å². The third-order valence-electron chi connectivity index (χ3n) is 7.42. The summed E-state index contributed by atoms with van der Waals surface area (Å²) < 4.78 is 0. The van der Waals surface area contributed by atoms with Crippen molar-refractivity contribution in [3.8, 4) is 0 Å². The molecule has 2 saturated heterocycles. The Bertz CT molecular complexity index is 861. The molecule has 0 unspecified atom stereocenters. The molecule has 0 saturated carbocycles. The number of carboxylic acid groups (broad SMARTS) is 1. The zero-order valence-corrected chi connectivity index (χ0v) is 22.6. The Labute approximate surface area is 224 Å². The predicted molar refractivity (Wildman–Crippen MR) is 141 cm³/mol. The molecule has 0 aromatic heterocycles. The monoisotopic (exact) mass is 536 g/mol. The molecule has 214 valence electrons. The van der Waals surface area contributed by atoms with Gasteiger partial charge >= 0.3 is 5.97 Å². The van der Waals surface area contributed by atoms with Gasteiger partial charge in [-0.15, -0.1) is 0 Å². The highest BCUT2D eigenvalue weighted by molar-refractivity contribution is 5.95. The summed E-state index contributed by atoms with van der Waals surface area (Å²) in [5.41, 5.74) is 5.60. The Morgan fingerprint density at radius 1 is 1.08 bits per heavy atom. The van der Waals surface area contributed by atoms with Gasteiger partial charge in [-0.05, 0) is 50.9 Å². The molecule has 0 bridgehead atoms. The lowest BCUT2D eigenvalue weighted by atomic mass is 9.91. The van der Waals surface area contributed by atoms with Crippen LogP contribution < -0.4 is 16.4 Å². The van der Waals surface area contributed by atoms with Gasteiger partial charge in [-0.3, -0.25) is 24.6 Å². The summed E-state index contributed by atoms with van der Waals surface area (Å²) in [6.45, 7) is 5.41. The van der Waals surface area contributed by atoms with Gasteiger partial charge in [0.1, 0.15) is 18.4 Å². The number of nitrogens with zero attached hydrogens (tertiary/aromatic N) is 2. The smallest absolute Gasteiger partial charge is 0.305 e. The summed E-state index contributed by atoms with van der Waals surface area (Å²) in [6, 6.07) is -2.87. The Hall–Kier alpha value is -3.18. The Morgan fingerprint density at radius 2 is 1.74 bits per heavy atom. The molecular formula is C26H44N6O6. The predicted octanol–water partition coefficient (Wildman–Crippen LogP) is 0.833. The number of carbonyl (C=O) groups is 5. The number of guanidine groups is 1. The first-order valence-electron chi connectivity index (χ1n) is 13.8. The lowest BCUT2D eigenvalue weighted by Gasteiger charge is -2.34. The van der Waals surface area contributed by atoms with Gasteiger partial charge in [0, 0.05) is 25.6 Å². The topological polar surface area (TPSA) is 186 Å². The fourth-order valence-corrected chi connectivity index (χ4v) is 5.53. The number of hydrogen-bond acceptors (Lipinski definition) is 6. The van der Waals surface area contributed by atoms with Crippen LogP contribution in [-0.2, 0) is 24.0 Å². The van der Waals surface area contributed by atoms with E-state index in [9.17, 15) is 29.1 Å². The number of aldehydes is 1. The lowest BCUT2D eigenvalue weighted by molar-refractivity contribution is -0.146. The third-order valence-corrected chi connectivity index (χ3v) is 7.42. The highest BCUT2D eigenvalue weighted by Crippen LogP contribution is 2.23. The molecule has 38 heavy (non-hydrogen) atoms. The molecule has 4 atom stereocenters. The van der Waals surface area contributed by atoms with Gasteiger partial charge in [-0.25, -0.2) is 0 Å². The molecule has 2 heterocycles. The molecule has 12 heteroatoms. The van der Waals surface area contributed by atoms with Crippen molar-refractivity contribution in [1.82, 2.24) is 20.4 Å². The maximum absolute atomic E-state index is 13.4. The van der Waals surface area contributed by atoms with E-state index in [1.54, 1.807) is 4.90 Å². The number of piperidine rings is 1.